The third-order valence-electron chi connectivity index (χ3n) is 3.94. The molecule has 0 fully saturated rings. The van der Waals surface area contributed by atoms with E-state index in [9.17, 15) is 18.0 Å². The Morgan fingerprint density at radius 3 is 2.44 bits per heavy atom. The number of hydrogen-bond acceptors (Lipinski definition) is 5. The molecule has 0 bridgehead atoms. The second kappa shape index (κ2) is 7.73. The molecule has 8 nitrogen and oxygen atoms in total. The highest BCUT2D eigenvalue weighted by Gasteiger charge is 2.23. The van der Waals surface area contributed by atoms with Crippen molar-refractivity contribution in [1.82, 2.24) is 14.5 Å². The smallest absolute Gasteiger partial charge is 0.421 e. The third-order valence-corrected chi connectivity index (χ3v) is 5.25. The van der Waals surface area contributed by atoms with Crippen molar-refractivity contribution in [2.75, 3.05) is 33.8 Å². The van der Waals surface area contributed by atoms with Gasteiger partial charge in [0.2, 0.25) is 0 Å². The van der Waals surface area contributed by atoms with Gasteiger partial charge in [-0.2, -0.15) is 0 Å². The van der Waals surface area contributed by atoms with Crippen molar-refractivity contribution in [2.24, 2.45) is 0 Å². The lowest BCUT2D eigenvalue weighted by atomic mass is 10.0. The SMILES string of the molecule is CCOC(=O)NS(=O)(=O)c1ccc2c(c1)CCN(C(=O)N(C)C)CC2. The average Bonchev–Trinajstić information content (AvgIpc) is 2.75. The van der Waals surface area contributed by atoms with E-state index in [0.717, 1.165) is 11.1 Å². The second-order valence-corrected chi connectivity index (χ2v) is 7.60. The minimum absolute atomic E-state index is 0.00619. The lowest BCUT2D eigenvalue weighted by Crippen LogP contribution is -2.40. The molecule has 1 aromatic rings. The molecule has 3 amide bonds. The molecule has 0 aromatic heterocycles. The topological polar surface area (TPSA) is 96.0 Å². The number of hydrogen-bond donors (Lipinski definition) is 1. The number of ether oxygens (including phenoxy) is 1. The lowest BCUT2D eigenvalue weighted by Gasteiger charge is -2.24. The molecule has 0 aliphatic carbocycles. The van der Waals surface area contributed by atoms with Gasteiger partial charge in [-0.15, -0.1) is 0 Å². The zero-order chi connectivity index (χ0) is 18.6. The van der Waals surface area contributed by atoms with Crippen LogP contribution in [0.3, 0.4) is 0 Å². The van der Waals surface area contributed by atoms with Gasteiger partial charge in [-0.05, 0) is 43.0 Å². The Bertz CT molecular complexity index is 761. The summed E-state index contributed by atoms with van der Waals surface area (Å²) in [4.78, 5) is 26.8. The van der Waals surface area contributed by atoms with Gasteiger partial charge < -0.3 is 14.5 Å². The summed E-state index contributed by atoms with van der Waals surface area (Å²) in [6.07, 6.45) is 0.207. The zero-order valence-electron chi connectivity index (χ0n) is 14.6. The van der Waals surface area contributed by atoms with Crippen molar-refractivity contribution in [2.45, 2.75) is 24.7 Å². The molecule has 0 atom stereocenters. The summed E-state index contributed by atoms with van der Waals surface area (Å²) in [5.74, 6) is 0. The standard InChI is InChI=1S/C16H23N3O5S/c1-4-24-15(20)17-25(22,23)14-6-5-12-7-9-19(16(21)18(2)3)10-8-13(12)11-14/h5-6,11H,4,7-10H2,1-3H3,(H,17,20). The molecule has 1 aliphatic heterocycles. The van der Waals surface area contributed by atoms with Crippen molar-refractivity contribution in [3.63, 3.8) is 0 Å². The Hall–Kier alpha value is -2.29. The van der Waals surface area contributed by atoms with E-state index in [-0.39, 0.29) is 17.5 Å². The number of fused-ring (bicyclic) bond motifs is 1. The first-order valence-electron chi connectivity index (χ1n) is 8.02. The van der Waals surface area contributed by atoms with Gasteiger partial charge in [0.1, 0.15) is 0 Å². The van der Waals surface area contributed by atoms with Gasteiger partial charge in [0.05, 0.1) is 11.5 Å². The maximum atomic E-state index is 12.3. The first-order chi connectivity index (χ1) is 11.7. The fourth-order valence-corrected chi connectivity index (χ4v) is 3.61. The summed E-state index contributed by atoms with van der Waals surface area (Å²) in [5, 5.41) is 0. The third kappa shape index (κ3) is 4.62. The molecular formula is C16H23N3O5S. The molecule has 1 aromatic carbocycles. The van der Waals surface area contributed by atoms with E-state index in [1.165, 1.54) is 11.0 Å². The number of nitrogens with one attached hydrogen (secondary N) is 1. The minimum Gasteiger partial charge on any atom is -0.449 e. The van der Waals surface area contributed by atoms with Crippen molar-refractivity contribution in [1.29, 1.82) is 0 Å². The van der Waals surface area contributed by atoms with Crippen LogP contribution in [0.5, 0.6) is 0 Å². The predicted molar refractivity (Wildman–Crippen MR) is 91.8 cm³/mol. The van der Waals surface area contributed by atoms with Crippen molar-refractivity contribution in [3.8, 4) is 0 Å². The van der Waals surface area contributed by atoms with Gasteiger partial charge >= 0.3 is 12.1 Å². The van der Waals surface area contributed by atoms with E-state index >= 15 is 0 Å². The van der Waals surface area contributed by atoms with E-state index in [2.05, 4.69) is 4.74 Å². The number of sulfonamides is 1. The molecule has 9 heteroatoms. The second-order valence-electron chi connectivity index (χ2n) is 5.92. The summed E-state index contributed by atoms with van der Waals surface area (Å²) in [5.41, 5.74) is 1.87. The average molecular weight is 369 g/mol. The fourth-order valence-electron chi connectivity index (χ4n) is 2.67. The van der Waals surface area contributed by atoms with Crippen LogP contribution in [0, 0.1) is 0 Å². The highest BCUT2D eigenvalue weighted by molar-refractivity contribution is 7.90. The van der Waals surface area contributed by atoms with Crippen LogP contribution in [0.2, 0.25) is 0 Å². The van der Waals surface area contributed by atoms with Crippen LogP contribution in [-0.4, -0.2) is 64.1 Å². The Labute approximate surface area is 147 Å². The molecule has 0 unspecified atom stereocenters. The van der Waals surface area contributed by atoms with Gasteiger partial charge in [0, 0.05) is 27.2 Å². The quantitative estimate of drug-likeness (QED) is 0.864. The number of carbonyl (C=O) groups excluding carboxylic acids is 2. The van der Waals surface area contributed by atoms with Crippen molar-refractivity contribution >= 4 is 22.1 Å². The van der Waals surface area contributed by atoms with E-state index in [1.807, 2.05) is 4.72 Å². The fraction of sp³-hybridized carbons (Fsp3) is 0.500. The molecule has 1 N–H and O–H groups in total. The number of urea groups is 1. The number of carbonyl (C=O) groups is 2. The summed E-state index contributed by atoms with van der Waals surface area (Å²) in [6.45, 7) is 2.77. The Kier molecular flexibility index (Phi) is 5.89. The summed E-state index contributed by atoms with van der Waals surface area (Å²) in [6, 6.07) is 4.69. The monoisotopic (exact) mass is 369 g/mol. The molecule has 2 rings (SSSR count). The first kappa shape index (κ1) is 19.0. The maximum Gasteiger partial charge on any atom is 0.421 e. The van der Waals surface area contributed by atoms with Gasteiger partial charge in [-0.25, -0.2) is 22.7 Å². The minimum atomic E-state index is -3.98. The summed E-state index contributed by atoms with van der Waals surface area (Å²) < 4.78 is 31.0. The van der Waals surface area contributed by atoms with Crippen LogP contribution < -0.4 is 4.72 Å². The van der Waals surface area contributed by atoms with Crippen LogP contribution in [0.1, 0.15) is 18.1 Å². The summed E-state index contributed by atoms with van der Waals surface area (Å²) in [7, 11) is -0.583. The first-order valence-corrected chi connectivity index (χ1v) is 9.50. The van der Waals surface area contributed by atoms with Gasteiger partial charge in [0.15, 0.2) is 0 Å². The van der Waals surface area contributed by atoms with E-state index in [4.69, 9.17) is 0 Å². The molecule has 1 heterocycles. The Balaban J connectivity index is 2.19. The van der Waals surface area contributed by atoms with E-state index in [1.54, 1.807) is 38.1 Å². The number of rotatable bonds is 3. The van der Waals surface area contributed by atoms with Crippen molar-refractivity contribution in [3.05, 3.63) is 29.3 Å². The molecule has 138 valence electrons. The van der Waals surface area contributed by atoms with Gasteiger partial charge in [-0.3, -0.25) is 0 Å². The highest BCUT2D eigenvalue weighted by atomic mass is 32.2. The Morgan fingerprint density at radius 1 is 1.20 bits per heavy atom. The van der Waals surface area contributed by atoms with Crippen molar-refractivity contribution < 1.29 is 22.7 Å². The Morgan fingerprint density at radius 2 is 1.84 bits per heavy atom. The zero-order valence-corrected chi connectivity index (χ0v) is 15.4. The molecule has 0 spiro atoms. The molecule has 25 heavy (non-hydrogen) atoms. The normalized spacial score (nSPS) is 14.3. The number of benzene rings is 1. The van der Waals surface area contributed by atoms with Crippen LogP contribution in [0.15, 0.2) is 23.1 Å². The highest BCUT2D eigenvalue weighted by Crippen LogP contribution is 2.21. The van der Waals surface area contributed by atoms with Crippen LogP contribution in [-0.2, 0) is 27.6 Å². The largest absolute Gasteiger partial charge is 0.449 e. The molecule has 0 saturated carbocycles. The summed E-state index contributed by atoms with van der Waals surface area (Å²) >= 11 is 0. The molecular weight excluding hydrogens is 346 g/mol. The molecule has 0 radical (unpaired) electrons. The van der Waals surface area contributed by atoms with E-state index < -0.39 is 16.1 Å². The molecule has 0 saturated heterocycles. The van der Waals surface area contributed by atoms with Crippen LogP contribution in [0.4, 0.5) is 9.59 Å². The van der Waals surface area contributed by atoms with E-state index in [0.29, 0.717) is 25.9 Å². The van der Waals surface area contributed by atoms with Gasteiger partial charge in [-0.1, -0.05) is 6.07 Å². The van der Waals surface area contributed by atoms with Crippen LogP contribution in [0.25, 0.3) is 0 Å². The number of nitrogens with zero attached hydrogens (tertiary/aromatic N) is 2. The lowest BCUT2D eigenvalue weighted by molar-refractivity contribution is 0.158. The maximum absolute atomic E-state index is 12.3. The van der Waals surface area contributed by atoms with Gasteiger partial charge in [0.25, 0.3) is 10.0 Å². The molecule has 1 aliphatic rings. The predicted octanol–water partition coefficient (Wildman–Crippen LogP) is 1.20. The van der Waals surface area contributed by atoms with Crippen LogP contribution >= 0.6 is 0 Å². The number of amides is 3.